The average molecular weight is 480 g/mol. The highest BCUT2D eigenvalue weighted by atomic mass is 16.6. The molecule has 0 bridgehead atoms. The number of hydrogen-bond donors (Lipinski definition) is 0. The van der Waals surface area contributed by atoms with Crippen LogP contribution < -0.4 is 0 Å². The van der Waals surface area contributed by atoms with Gasteiger partial charge in [-0.1, -0.05) is 60.7 Å². The second-order valence-corrected chi connectivity index (χ2v) is 9.09. The summed E-state index contributed by atoms with van der Waals surface area (Å²) in [6.07, 6.45) is 1.90. The lowest BCUT2D eigenvalue weighted by molar-refractivity contribution is -0.382. The van der Waals surface area contributed by atoms with Crippen LogP contribution in [0.25, 0.3) is 55.2 Å². The highest BCUT2D eigenvalue weighted by Crippen LogP contribution is 2.40. The molecule has 0 aliphatic rings. The first-order valence-corrected chi connectivity index (χ1v) is 12.1. The van der Waals surface area contributed by atoms with Gasteiger partial charge in [0.05, 0.1) is 32.4 Å². The molecule has 0 saturated heterocycles. The minimum absolute atomic E-state index is 0.123. The second kappa shape index (κ2) is 8.21. The van der Waals surface area contributed by atoms with Crippen molar-refractivity contribution < 1.29 is 4.92 Å². The minimum atomic E-state index is -0.259. The number of nitro groups is 1. The number of para-hydroxylation sites is 3. The van der Waals surface area contributed by atoms with Crippen molar-refractivity contribution in [2.24, 2.45) is 0 Å². The molecule has 176 valence electrons. The van der Waals surface area contributed by atoms with E-state index in [9.17, 15) is 10.1 Å². The molecule has 0 spiro atoms. The Balaban J connectivity index is 1.47. The van der Waals surface area contributed by atoms with Gasteiger partial charge in [0.1, 0.15) is 0 Å². The summed E-state index contributed by atoms with van der Waals surface area (Å²) in [5.74, 6) is 0. The van der Waals surface area contributed by atoms with Crippen LogP contribution in [0.2, 0.25) is 0 Å². The molecule has 2 aromatic heterocycles. The van der Waals surface area contributed by atoms with Crippen molar-refractivity contribution in [1.82, 2.24) is 9.13 Å². The van der Waals surface area contributed by atoms with E-state index in [4.69, 9.17) is 0 Å². The maximum Gasteiger partial charge on any atom is 0.286 e. The van der Waals surface area contributed by atoms with Crippen molar-refractivity contribution in [3.05, 3.63) is 138 Å². The predicted octanol–water partition coefficient (Wildman–Crippen LogP) is 8.30. The van der Waals surface area contributed by atoms with Gasteiger partial charge >= 0.3 is 0 Å². The highest BCUT2D eigenvalue weighted by Gasteiger charge is 2.23. The highest BCUT2D eigenvalue weighted by molar-refractivity contribution is 6.11. The van der Waals surface area contributed by atoms with Gasteiger partial charge < -0.3 is 9.13 Å². The van der Waals surface area contributed by atoms with Crippen molar-refractivity contribution >= 4 is 38.4 Å². The molecule has 5 nitrogen and oxygen atoms in total. The van der Waals surface area contributed by atoms with E-state index in [0.29, 0.717) is 10.9 Å². The molecule has 0 aliphatic carbocycles. The van der Waals surface area contributed by atoms with E-state index in [1.807, 2.05) is 95.7 Å². The Kier molecular flexibility index (Phi) is 4.69. The van der Waals surface area contributed by atoms with Crippen molar-refractivity contribution in [1.29, 1.82) is 0 Å². The predicted molar refractivity (Wildman–Crippen MR) is 150 cm³/mol. The van der Waals surface area contributed by atoms with E-state index in [-0.39, 0.29) is 10.6 Å². The standard InChI is InChI=1S/C32H21N3O2/c36-35(37)32-25(16-18-29-27(32)19-20-33(29)23-9-3-1-4-10-23)22-15-17-31-28(21-22)26-13-7-8-14-30(26)34(31)24-11-5-2-6-12-24/h1-21H. The van der Waals surface area contributed by atoms with Gasteiger partial charge in [0.25, 0.3) is 5.69 Å². The molecule has 5 aromatic carbocycles. The molecule has 5 heteroatoms. The first kappa shape index (κ1) is 21.1. The lowest BCUT2D eigenvalue weighted by Gasteiger charge is -2.09. The van der Waals surface area contributed by atoms with E-state index in [1.54, 1.807) is 0 Å². The Morgan fingerprint density at radius 2 is 1.22 bits per heavy atom. The van der Waals surface area contributed by atoms with Gasteiger partial charge in [-0.15, -0.1) is 0 Å². The van der Waals surface area contributed by atoms with Gasteiger partial charge in [0.2, 0.25) is 0 Å². The van der Waals surface area contributed by atoms with E-state index in [1.165, 1.54) is 0 Å². The lowest BCUT2D eigenvalue weighted by Crippen LogP contribution is -1.96. The van der Waals surface area contributed by atoms with Crippen LogP contribution in [0, 0.1) is 10.1 Å². The van der Waals surface area contributed by atoms with Crippen molar-refractivity contribution in [2.45, 2.75) is 0 Å². The molecule has 7 rings (SSSR count). The molecule has 0 fully saturated rings. The summed E-state index contributed by atoms with van der Waals surface area (Å²) in [5.41, 5.74) is 6.58. The van der Waals surface area contributed by atoms with Gasteiger partial charge in [-0.05, 0) is 66.2 Å². The smallest absolute Gasteiger partial charge is 0.286 e. The van der Waals surface area contributed by atoms with Crippen LogP contribution in [-0.4, -0.2) is 14.1 Å². The maximum absolute atomic E-state index is 12.4. The van der Waals surface area contributed by atoms with Gasteiger partial charge in [0.15, 0.2) is 0 Å². The molecule has 0 radical (unpaired) electrons. The maximum atomic E-state index is 12.4. The Morgan fingerprint density at radius 1 is 0.568 bits per heavy atom. The Labute approximate surface area is 212 Å². The first-order chi connectivity index (χ1) is 18.2. The summed E-state index contributed by atoms with van der Waals surface area (Å²) in [6, 6.07) is 40.3. The summed E-state index contributed by atoms with van der Waals surface area (Å²) in [4.78, 5) is 12.2. The first-order valence-electron chi connectivity index (χ1n) is 12.1. The van der Waals surface area contributed by atoms with E-state index >= 15 is 0 Å². The van der Waals surface area contributed by atoms with Gasteiger partial charge in [-0.25, -0.2) is 0 Å². The zero-order chi connectivity index (χ0) is 24.9. The number of benzene rings is 5. The topological polar surface area (TPSA) is 53.0 Å². The van der Waals surface area contributed by atoms with Crippen LogP contribution in [0.15, 0.2) is 128 Å². The zero-order valence-corrected chi connectivity index (χ0v) is 19.8. The normalized spacial score (nSPS) is 11.5. The molecule has 0 N–H and O–H groups in total. The molecule has 0 unspecified atom stereocenters. The molecule has 0 aliphatic heterocycles. The number of fused-ring (bicyclic) bond motifs is 4. The van der Waals surface area contributed by atoms with Crippen molar-refractivity contribution in [3.8, 4) is 22.5 Å². The molecule has 7 aromatic rings. The summed E-state index contributed by atoms with van der Waals surface area (Å²) < 4.78 is 4.23. The fourth-order valence-corrected chi connectivity index (χ4v) is 5.44. The van der Waals surface area contributed by atoms with E-state index in [0.717, 1.165) is 44.3 Å². The fourth-order valence-electron chi connectivity index (χ4n) is 5.44. The molecule has 0 amide bonds. The average Bonchev–Trinajstić information content (AvgIpc) is 3.52. The van der Waals surface area contributed by atoms with Gasteiger partial charge in [0, 0.05) is 28.3 Å². The third-order valence-corrected chi connectivity index (χ3v) is 7.06. The summed E-state index contributed by atoms with van der Waals surface area (Å²) in [6.45, 7) is 0. The van der Waals surface area contributed by atoms with E-state index < -0.39 is 0 Å². The van der Waals surface area contributed by atoms with E-state index in [2.05, 4.69) is 41.0 Å². The summed E-state index contributed by atoms with van der Waals surface area (Å²) in [5, 5.41) is 15.2. The number of hydrogen-bond acceptors (Lipinski definition) is 2. The van der Waals surface area contributed by atoms with Crippen LogP contribution >= 0.6 is 0 Å². The Bertz CT molecular complexity index is 1950. The van der Waals surface area contributed by atoms with Crippen molar-refractivity contribution in [2.75, 3.05) is 0 Å². The van der Waals surface area contributed by atoms with Crippen LogP contribution in [0.3, 0.4) is 0 Å². The lowest BCUT2D eigenvalue weighted by atomic mass is 9.99. The number of aromatic nitrogens is 2. The second-order valence-electron chi connectivity index (χ2n) is 9.09. The SMILES string of the molecule is O=[N+]([O-])c1c(-c2ccc3c(c2)c2ccccc2n3-c2ccccc2)ccc2c1ccn2-c1ccccc1. The van der Waals surface area contributed by atoms with Crippen molar-refractivity contribution in [3.63, 3.8) is 0 Å². The number of rotatable bonds is 4. The fraction of sp³-hybridized carbons (Fsp3) is 0. The molecular formula is C32H21N3O2. The monoisotopic (exact) mass is 479 g/mol. The molecular weight excluding hydrogens is 458 g/mol. The number of nitro benzene ring substituents is 1. The Morgan fingerprint density at radius 3 is 1.97 bits per heavy atom. The van der Waals surface area contributed by atoms with Gasteiger partial charge in [-0.3, -0.25) is 10.1 Å². The quantitative estimate of drug-likeness (QED) is 0.188. The minimum Gasteiger partial charge on any atom is -0.316 e. The largest absolute Gasteiger partial charge is 0.316 e. The van der Waals surface area contributed by atoms with Crippen LogP contribution in [0.5, 0.6) is 0 Å². The molecule has 2 heterocycles. The zero-order valence-electron chi connectivity index (χ0n) is 19.8. The van der Waals surface area contributed by atoms with Gasteiger partial charge in [-0.2, -0.15) is 0 Å². The molecule has 0 atom stereocenters. The van der Waals surface area contributed by atoms with Crippen LogP contribution in [0.1, 0.15) is 0 Å². The number of nitrogens with zero attached hydrogens (tertiary/aromatic N) is 3. The third-order valence-electron chi connectivity index (χ3n) is 7.06. The molecule has 37 heavy (non-hydrogen) atoms. The van der Waals surface area contributed by atoms with Crippen LogP contribution in [0.4, 0.5) is 5.69 Å². The molecule has 0 saturated carbocycles. The summed E-state index contributed by atoms with van der Waals surface area (Å²) >= 11 is 0. The van der Waals surface area contributed by atoms with Crippen LogP contribution in [-0.2, 0) is 0 Å². The summed E-state index contributed by atoms with van der Waals surface area (Å²) in [7, 11) is 0. The Hall–Kier alpha value is -5.16. The third kappa shape index (κ3) is 3.25.